The molecule has 9 heteroatoms. The average molecular weight is 369 g/mol. The zero-order chi connectivity index (χ0) is 18.1. The number of para-hydroxylation sites is 1. The highest BCUT2D eigenvalue weighted by molar-refractivity contribution is 6.32. The Bertz CT molecular complexity index is 1020. The summed E-state index contributed by atoms with van der Waals surface area (Å²) >= 11 is 6.40. The summed E-state index contributed by atoms with van der Waals surface area (Å²) in [4.78, 5) is 8.69. The number of nitrogens with zero attached hydrogens (tertiary/aromatic N) is 8. The monoisotopic (exact) mass is 368 g/mol. The standard InChI is InChI=1S/C17H17ClN8/c1-12-7-20-25(8-12)13(2)17-22-16(9-24-11-19-10-21-24)23-26(17)15-6-4-3-5-14(15)18/h3-8,10-11,13H,9H2,1-2H3/t13-/m0/s1. The predicted octanol–water partition coefficient (Wildman–Crippen LogP) is 2.67. The van der Waals surface area contributed by atoms with E-state index in [-0.39, 0.29) is 6.04 Å². The van der Waals surface area contributed by atoms with Gasteiger partial charge in [0, 0.05) is 6.20 Å². The van der Waals surface area contributed by atoms with Gasteiger partial charge in [-0.2, -0.15) is 10.2 Å². The first kappa shape index (κ1) is 16.5. The lowest BCUT2D eigenvalue weighted by Crippen LogP contribution is -2.14. The Balaban J connectivity index is 1.80. The van der Waals surface area contributed by atoms with Crippen molar-refractivity contribution < 1.29 is 0 Å². The van der Waals surface area contributed by atoms with Gasteiger partial charge in [-0.3, -0.25) is 4.68 Å². The van der Waals surface area contributed by atoms with Crippen LogP contribution in [-0.2, 0) is 6.54 Å². The van der Waals surface area contributed by atoms with Crippen LogP contribution in [0.3, 0.4) is 0 Å². The van der Waals surface area contributed by atoms with Crippen molar-refractivity contribution in [1.82, 2.24) is 39.3 Å². The molecule has 26 heavy (non-hydrogen) atoms. The van der Waals surface area contributed by atoms with Crippen LogP contribution < -0.4 is 0 Å². The van der Waals surface area contributed by atoms with Crippen LogP contribution in [0.25, 0.3) is 5.69 Å². The number of halogens is 1. The first-order chi connectivity index (χ1) is 12.6. The van der Waals surface area contributed by atoms with Gasteiger partial charge in [0.1, 0.15) is 25.2 Å². The van der Waals surface area contributed by atoms with Gasteiger partial charge in [-0.15, -0.1) is 5.10 Å². The molecule has 0 fully saturated rings. The van der Waals surface area contributed by atoms with E-state index >= 15 is 0 Å². The lowest BCUT2D eigenvalue weighted by molar-refractivity contribution is 0.523. The SMILES string of the molecule is Cc1cnn([C@@H](C)c2nc(Cn3cncn3)nn2-c2ccccc2Cl)c1. The van der Waals surface area contributed by atoms with E-state index in [1.54, 1.807) is 15.7 Å². The summed E-state index contributed by atoms with van der Waals surface area (Å²) in [7, 11) is 0. The Kier molecular flexibility index (Phi) is 4.26. The first-order valence-corrected chi connectivity index (χ1v) is 8.53. The average Bonchev–Trinajstić information content (AvgIpc) is 3.36. The molecule has 3 aromatic heterocycles. The van der Waals surface area contributed by atoms with Crippen molar-refractivity contribution in [3.8, 4) is 5.69 Å². The van der Waals surface area contributed by atoms with Crippen LogP contribution in [-0.4, -0.2) is 39.3 Å². The van der Waals surface area contributed by atoms with Crippen LogP contribution >= 0.6 is 11.6 Å². The van der Waals surface area contributed by atoms with Crippen LogP contribution in [0, 0.1) is 6.92 Å². The van der Waals surface area contributed by atoms with E-state index in [0.717, 1.165) is 17.1 Å². The molecule has 0 saturated carbocycles. The smallest absolute Gasteiger partial charge is 0.172 e. The Hall–Kier alpha value is -3.00. The third kappa shape index (κ3) is 3.11. The molecule has 0 N–H and O–H groups in total. The van der Waals surface area contributed by atoms with Crippen molar-refractivity contribution in [3.63, 3.8) is 0 Å². The fourth-order valence-electron chi connectivity index (χ4n) is 2.73. The van der Waals surface area contributed by atoms with Crippen molar-refractivity contribution in [1.29, 1.82) is 0 Å². The Labute approximate surface area is 155 Å². The lowest BCUT2D eigenvalue weighted by atomic mass is 10.3. The molecule has 3 heterocycles. The minimum atomic E-state index is -0.114. The molecule has 0 saturated heterocycles. The van der Waals surface area contributed by atoms with E-state index in [1.165, 1.54) is 6.33 Å². The maximum absolute atomic E-state index is 6.40. The van der Waals surface area contributed by atoms with Gasteiger partial charge in [0.15, 0.2) is 11.6 Å². The highest BCUT2D eigenvalue weighted by Gasteiger charge is 2.21. The molecule has 132 valence electrons. The van der Waals surface area contributed by atoms with E-state index < -0.39 is 0 Å². The maximum atomic E-state index is 6.40. The summed E-state index contributed by atoms with van der Waals surface area (Å²) in [6, 6.07) is 7.45. The molecule has 0 aliphatic carbocycles. The van der Waals surface area contributed by atoms with Crippen molar-refractivity contribution in [2.75, 3.05) is 0 Å². The topological polar surface area (TPSA) is 79.2 Å². The summed E-state index contributed by atoms with van der Waals surface area (Å²) in [6.07, 6.45) is 6.92. The number of aromatic nitrogens is 8. The number of benzene rings is 1. The fourth-order valence-corrected chi connectivity index (χ4v) is 2.94. The summed E-state index contributed by atoms with van der Waals surface area (Å²) in [5, 5.41) is 13.8. The van der Waals surface area contributed by atoms with Gasteiger partial charge in [-0.25, -0.2) is 19.3 Å². The summed E-state index contributed by atoms with van der Waals surface area (Å²) in [5.41, 5.74) is 1.86. The summed E-state index contributed by atoms with van der Waals surface area (Å²) in [5.74, 6) is 1.37. The molecule has 4 aromatic rings. The van der Waals surface area contributed by atoms with E-state index in [1.807, 2.05) is 55.2 Å². The zero-order valence-electron chi connectivity index (χ0n) is 14.4. The van der Waals surface area contributed by atoms with Gasteiger partial charge in [0.05, 0.1) is 16.9 Å². The maximum Gasteiger partial charge on any atom is 0.172 e. The van der Waals surface area contributed by atoms with Crippen molar-refractivity contribution >= 4 is 11.6 Å². The Morgan fingerprint density at radius 2 is 2.04 bits per heavy atom. The summed E-state index contributed by atoms with van der Waals surface area (Å²) < 4.78 is 5.32. The number of hydrogen-bond acceptors (Lipinski definition) is 5. The predicted molar refractivity (Wildman–Crippen MR) is 96.3 cm³/mol. The molecule has 8 nitrogen and oxygen atoms in total. The minimum absolute atomic E-state index is 0.114. The minimum Gasteiger partial charge on any atom is -0.262 e. The lowest BCUT2D eigenvalue weighted by Gasteiger charge is -2.14. The van der Waals surface area contributed by atoms with E-state index in [9.17, 15) is 0 Å². The van der Waals surface area contributed by atoms with E-state index in [2.05, 4.69) is 20.3 Å². The molecule has 0 aliphatic heterocycles. The second kappa shape index (κ2) is 6.72. The van der Waals surface area contributed by atoms with Gasteiger partial charge in [-0.05, 0) is 31.5 Å². The van der Waals surface area contributed by atoms with E-state index in [4.69, 9.17) is 16.6 Å². The molecular formula is C17H17ClN8. The molecule has 0 radical (unpaired) electrons. The Morgan fingerprint density at radius 1 is 1.19 bits per heavy atom. The number of aryl methyl sites for hydroxylation is 1. The highest BCUT2D eigenvalue weighted by atomic mass is 35.5. The largest absolute Gasteiger partial charge is 0.262 e. The third-order valence-corrected chi connectivity index (χ3v) is 4.35. The second-order valence-electron chi connectivity index (χ2n) is 6.02. The van der Waals surface area contributed by atoms with Crippen LogP contribution in [0.1, 0.15) is 30.2 Å². The van der Waals surface area contributed by atoms with Gasteiger partial charge < -0.3 is 0 Å². The van der Waals surface area contributed by atoms with Crippen molar-refractivity contribution in [2.45, 2.75) is 26.4 Å². The number of hydrogen-bond donors (Lipinski definition) is 0. The van der Waals surface area contributed by atoms with E-state index in [0.29, 0.717) is 17.4 Å². The summed E-state index contributed by atoms with van der Waals surface area (Å²) in [6.45, 7) is 4.46. The van der Waals surface area contributed by atoms with Gasteiger partial charge >= 0.3 is 0 Å². The van der Waals surface area contributed by atoms with Crippen molar-refractivity contribution in [3.05, 3.63) is 71.5 Å². The quantitative estimate of drug-likeness (QED) is 0.541. The zero-order valence-corrected chi connectivity index (χ0v) is 15.1. The molecule has 0 bridgehead atoms. The highest BCUT2D eigenvalue weighted by Crippen LogP contribution is 2.24. The first-order valence-electron chi connectivity index (χ1n) is 8.15. The van der Waals surface area contributed by atoms with Gasteiger partial charge in [-0.1, -0.05) is 23.7 Å². The Morgan fingerprint density at radius 3 is 2.73 bits per heavy atom. The molecule has 0 unspecified atom stereocenters. The molecular weight excluding hydrogens is 352 g/mol. The second-order valence-corrected chi connectivity index (χ2v) is 6.42. The molecule has 1 aromatic carbocycles. The van der Waals surface area contributed by atoms with Gasteiger partial charge in [0.25, 0.3) is 0 Å². The van der Waals surface area contributed by atoms with Gasteiger partial charge in [0.2, 0.25) is 0 Å². The van der Waals surface area contributed by atoms with Crippen LogP contribution in [0.4, 0.5) is 0 Å². The molecule has 0 spiro atoms. The third-order valence-electron chi connectivity index (χ3n) is 4.03. The van der Waals surface area contributed by atoms with Crippen LogP contribution in [0.15, 0.2) is 49.3 Å². The van der Waals surface area contributed by atoms with Crippen LogP contribution in [0.2, 0.25) is 5.02 Å². The van der Waals surface area contributed by atoms with Crippen LogP contribution in [0.5, 0.6) is 0 Å². The molecule has 0 aliphatic rings. The molecule has 4 rings (SSSR count). The fraction of sp³-hybridized carbons (Fsp3) is 0.235. The number of rotatable bonds is 5. The molecule has 0 amide bonds. The van der Waals surface area contributed by atoms with Crippen molar-refractivity contribution in [2.24, 2.45) is 0 Å². The molecule has 1 atom stereocenters. The normalized spacial score (nSPS) is 12.4.